The highest BCUT2D eigenvalue weighted by Gasteiger charge is 2.01. The summed E-state index contributed by atoms with van der Waals surface area (Å²) in [6.45, 7) is 1.97. The third-order valence-electron chi connectivity index (χ3n) is 1.81. The molecule has 0 atom stereocenters. The van der Waals surface area contributed by atoms with Gasteiger partial charge in [0.1, 0.15) is 0 Å². The summed E-state index contributed by atoms with van der Waals surface area (Å²) in [5, 5.41) is 9.11. The summed E-state index contributed by atoms with van der Waals surface area (Å²) >= 11 is 3.40. The van der Waals surface area contributed by atoms with Crippen LogP contribution in [0.4, 0.5) is 0 Å². The van der Waals surface area contributed by atoms with E-state index in [0.29, 0.717) is 5.52 Å². The molecule has 1 N–H and O–H groups in total. The SMILES string of the molecule is Cc1cc2nc(O)cnc2cc1Br. The third-order valence-corrected chi connectivity index (χ3v) is 2.66. The molecule has 0 radical (unpaired) electrons. The van der Waals surface area contributed by atoms with Crippen molar-refractivity contribution in [2.24, 2.45) is 0 Å². The first-order chi connectivity index (χ1) is 6.16. The van der Waals surface area contributed by atoms with Crippen molar-refractivity contribution in [2.75, 3.05) is 0 Å². The summed E-state index contributed by atoms with van der Waals surface area (Å²) in [6.07, 6.45) is 1.34. The summed E-state index contributed by atoms with van der Waals surface area (Å²) in [6, 6.07) is 3.77. The van der Waals surface area contributed by atoms with E-state index >= 15 is 0 Å². The molecule has 0 aliphatic heterocycles. The van der Waals surface area contributed by atoms with Crippen LogP contribution in [0.15, 0.2) is 22.8 Å². The molecular formula is C9H7BrN2O. The molecule has 0 saturated heterocycles. The number of aromatic nitrogens is 2. The van der Waals surface area contributed by atoms with Gasteiger partial charge in [-0.3, -0.25) is 0 Å². The first-order valence-corrected chi connectivity index (χ1v) is 4.58. The monoisotopic (exact) mass is 238 g/mol. The van der Waals surface area contributed by atoms with Gasteiger partial charge in [-0.05, 0) is 24.6 Å². The van der Waals surface area contributed by atoms with E-state index in [9.17, 15) is 0 Å². The number of aromatic hydroxyl groups is 1. The van der Waals surface area contributed by atoms with Crippen LogP contribution in [0.3, 0.4) is 0 Å². The molecule has 0 aliphatic carbocycles. The molecule has 1 aromatic heterocycles. The van der Waals surface area contributed by atoms with Gasteiger partial charge in [-0.2, -0.15) is 0 Å². The van der Waals surface area contributed by atoms with Crippen molar-refractivity contribution in [1.82, 2.24) is 9.97 Å². The topological polar surface area (TPSA) is 46.0 Å². The first-order valence-electron chi connectivity index (χ1n) is 3.78. The van der Waals surface area contributed by atoms with Gasteiger partial charge in [0.05, 0.1) is 17.2 Å². The third kappa shape index (κ3) is 1.49. The minimum Gasteiger partial charge on any atom is -0.492 e. The Balaban J connectivity index is 2.81. The molecule has 0 amide bonds. The van der Waals surface area contributed by atoms with Crippen molar-refractivity contribution in [3.05, 3.63) is 28.4 Å². The maximum atomic E-state index is 9.11. The van der Waals surface area contributed by atoms with E-state index in [4.69, 9.17) is 5.11 Å². The fourth-order valence-corrected chi connectivity index (χ4v) is 1.46. The lowest BCUT2D eigenvalue weighted by Crippen LogP contribution is -1.85. The van der Waals surface area contributed by atoms with Crippen LogP contribution >= 0.6 is 15.9 Å². The lowest BCUT2D eigenvalue weighted by Gasteiger charge is -2.00. The average Bonchev–Trinajstić information content (AvgIpc) is 2.08. The number of aryl methyl sites for hydroxylation is 1. The number of hydrogen-bond acceptors (Lipinski definition) is 3. The number of hydrogen-bond donors (Lipinski definition) is 1. The van der Waals surface area contributed by atoms with E-state index in [0.717, 1.165) is 15.6 Å². The summed E-state index contributed by atoms with van der Waals surface area (Å²) in [5.74, 6) is -0.0470. The molecule has 1 heterocycles. The highest BCUT2D eigenvalue weighted by Crippen LogP contribution is 2.22. The Morgan fingerprint density at radius 1 is 1.31 bits per heavy atom. The molecule has 0 unspecified atom stereocenters. The number of nitrogens with zero attached hydrogens (tertiary/aromatic N) is 2. The minimum absolute atomic E-state index is 0.0470. The molecule has 66 valence electrons. The molecule has 4 heteroatoms. The Labute approximate surface area is 83.6 Å². The predicted molar refractivity (Wildman–Crippen MR) is 53.6 cm³/mol. The first kappa shape index (κ1) is 8.44. The van der Waals surface area contributed by atoms with Crippen LogP contribution in [0.25, 0.3) is 11.0 Å². The van der Waals surface area contributed by atoms with Crippen molar-refractivity contribution < 1.29 is 5.11 Å². The molecule has 0 bridgehead atoms. The summed E-state index contributed by atoms with van der Waals surface area (Å²) in [5.41, 5.74) is 2.56. The van der Waals surface area contributed by atoms with Crippen LogP contribution in [0.5, 0.6) is 5.88 Å². The fraction of sp³-hybridized carbons (Fsp3) is 0.111. The van der Waals surface area contributed by atoms with Gasteiger partial charge in [-0.25, -0.2) is 9.97 Å². The Morgan fingerprint density at radius 2 is 2.08 bits per heavy atom. The smallest absolute Gasteiger partial charge is 0.230 e. The zero-order chi connectivity index (χ0) is 9.42. The molecule has 1 aromatic carbocycles. The Kier molecular flexibility index (Phi) is 1.92. The standard InChI is InChI=1S/C9H7BrN2O/c1-5-2-8-7(3-6(5)10)11-4-9(13)12-8/h2-4H,1H3,(H,12,13). The van der Waals surface area contributed by atoms with E-state index < -0.39 is 0 Å². The summed E-state index contributed by atoms with van der Waals surface area (Å²) in [7, 11) is 0. The number of fused-ring (bicyclic) bond motifs is 1. The quantitative estimate of drug-likeness (QED) is 0.767. The highest BCUT2D eigenvalue weighted by atomic mass is 79.9. The van der Waals surface area contributed by atoms with Gasteiger partial charge in [-0.15, -0.1) is 0 Å². The van der Waals surface area contributed by atoms with E-state index in [2.05, 4.69) is 25.9 Å². The molecule has 0 fully saturated rings. The van der Waals surface area contributed by atoms with Gasteiger partial charge >= 0.3 is 0 Å². The minimum atomic E-state index is -0.0470. The molecule has 0 spiro atoms. The normalized spacial score (nSPS) is 10.6. The largest absolute Gasteiger partial charge is 0.492 e. The molecular weight excluding hydrogens is 232 g/mol. The Hall–Kier alpha value is -1.16. The molecule has 0 aliphatic rings. The number of halogens is 1. The maximum Gasteiger partial charge on any atom is 0.230 e. The van der Waals surface area contributed by atoms with E-state index in [1.807, 2.05) is 19.1 Å². The lowest BCUT2D eigenvalue weighted by molar-refractivity contribution is 0.453. The summed E-state index contributed by atoms with van der Waals surface area (Å²) in [4.78, 5) is 7.99. The Bertz CT molecular complexity index is 470. The van der Waals surface area contributed by atoms with E-state index in [-0.39, 0.29) is 5.88 Å². The molecule has 13 heavy (non-hydrogen) atoms. The fourth-order valence-electron chi connectivity index (χ4n) is 1.13. The van der Waals surface area contributed by atoms with E-state index in [1.165, 1.54) is 6.20 Å². The van der Waals surface area contributed by atoms with Crippen LogP contribution in [0, 0.1) is 6.92 Å². The number of rotatable bonds is 0. The van der Waals surface area contributed by atoms with Gasteiger partial charge in [0.25, 0.3) is 0 Å². The van der Waals surface area contributed by atoms with Crippen molar-refractivity contribution in [3.8, 4) is 5.88 Å². The van der Waals surface area contributed by atoms with Crippen LogP contribution in [0.2, 0.25) is 0 Å². The highest BCUT2D eigenvalue weighted by molar-refractivity contribution is 9.10. The average molecular weight is 239 g/mol. The van der Waals surface area contributed by atoms with Gasteiger partial charge in [0.15, 0.2) is 0 Å². The van der Waals surface area contributed by atoms with Crippen molar-refractivity contribution in [3.63, 3.8) is 0 Å². The molecule has 2 rings (SSSR count). The van der Waals surface area contributed by atoms with Crippen LogP contribution in [0.1, 0.15) is 5.56 Å². The van der Waals surface area contributed by atoms with Gasteiger partial charge in [0, 0.05) is 4.47 Å². The maximum absolute atomic E-state index is 9.11. The zero-order valence-electron chi connectivity index (χ0n) is 6.95. The second-order valence-corrected chi connectivity index (χ2v) is 3.67. The second kappa shape index (κ2) is 2.96. The number of benzene rings is 1. The van der Waals surface area contributed by atoms with Gasteiger partial charge < -0.3 is 5.11 Å². The molecule has 2 aromatic rings. The second-order valence-electron chi connectivity index (χ2n) is 2.82. The Morgan fingerprint density at radius 3 is 2.85 bits per heavy atom. The predicted octanol–water partition coefficient (Wildman–Crippen LogP) is 2.41. The molecule has 0 saturated carbocycles. The van der Waals surface area contributed by atoms with Gasteiger partial charge in [0.2, 0.25) is 5.88 Å². The van der Waals surface area contributed by atoms with Crippen LogP contribution in [-0.4, -0.2) is 15.1 Å². The van der Waals surface area contributed by atoms with Crippen molar-refractivity contribution in [1.29, 1.82) is 0 Å². The van der Waals surface area contributed by atoms with Crippen molar-refractivity contribution >= 4 is 27.0 Å². The molecule has 3 nitrogen and oxygen atoms in total. The van der Waals surface area contributed by atoms with Crippen molar-refractivity contribution in [2.45, 2.75) is 6.92 Å². The summed E-state index contributed by atoms with van der Waals surface area (Å²) < 4.78 is 1.000. The van der Waals surface area contributed by atoms with E-state index in [1.54, 1.807) is 0 Å². The lowest BCUT2D eigenvalue weighted by atomic mass is 10.2. The zero-order valence-corrected chi connectivity index (χ0v) is 8.54. The van der Waals surface area contributed by atoms with Crippen LogP contribution < -0.4 is 0 Å². The van der Waals surface area contributed by atoms with Crippen LogP contribution in [-0.2, 0) is 0 Å². The van der Waals surface area contributed by atoms with Gasteiger partial charge in [-0.1, -0.05) is 15.9 Å².